The van der Waals surface area contributed by atoms with Gasteiger partial charge in [-0.3, -0.25) is 4.79 Å². The molecule has 1 atom stereocenters. The van der Waals surface area contributed by atoms with Crippen molar-refractivity contribution in [1.82, 2.24) is 14.5 Å². The molecule has 3 aliphatic rings. The van der Waals surface area contributed by atoms with Crippen molar-refractivity contribution in [2.24, 2.45) is 11.3 Å². The molecule has 5 rings (SSSR count). The van der Waals surface area contributed by atoms with E-state index >= 15 is 0 Å². The maximum atomic E-state index is 12.5. The van der Waals surface area contributed by atoms with Gasteiger partial charge in [-0.15, -0.1) is 0 Å². The number of amides is 1. The van der Waals surface area contributed by atoms with Crippen molar-refractivity contribution in [2.45, 2.75) is 50.5 Å². The van der Waals surface area contributed by atoms with E-state index in [2.05, 4.69) is 12.1 Å². The summed E-state index contributed by atoms with van der Waals surface area (Å²) in [4.78, 5) is 14.5. The Morgan fingerprint density at radius 3 is 2.80 bits per heavy atom. The maximum Gasteiger partial charge on any atom is 0.225 e. The molecule has 5 nitrogen and oxygen atoms in total. The zero-order valence-electron chi connectivity index (χ0n) is 14.7. The molecule has 1 unspecified atom stereocenters. The standard InChI is InChI=1S/C20H25N3O2/c1-19(25)9-15(10-19)18(24)22-12-20(13-22)6-5-14(11-20)17-8-16-4-2-3-7-23(16)21-17/h2-4,7-8,14-15,25H,5-6,9-13H2,1H3/t14?,15-,19+. The lowest BCUT2D eigenvalue weighted by Gasteiger charge is -2.52. The number of pyridine rings is 1. The number of aromatic nitrogens is 2. The number of likely N-dealkylation sites (tertiary alicyclic amines) is 1. The van der Waals surface area contributed by atoms with E-state index in [0.29, 0.717) is 24.2 Å². The molecule has 1 saturated heterocycles. The van der Waals surface area contributed by atoms with E-state index in [9.17, 15) is 9.90 Å². The molecule has 1 spiro atoms. The van der Waals surface area contributed by atoms with Crippen LogP contribution in [0.25, 0.3) is 5.52 Å². The number of hydrogen-bond acceptors (Lipinski definition) is 3. The average Bonchev–Trinajstić information content (AvgIpc) is 3.14. The van der Waals surface area contributed by atoms with Crippen LogP contribution in [0.15, 0.2) is 30.5 Å². The van der Waals surface area contributed by atoms with E-state index in [1.807, 2.05) is 34.7 Å². The van der Waals surface area contributed by atoms with E-state index < -0.39 is 5.60 Å². The zero-order valence-corrected chi connectivity index (χ0v) is 14.7. The Balaban J connectivity index is 1.22. The van der Waals surface area contributed by atoms with Crippen molar-refractivity contribution in [3.63, 3.8) is 0 Å². The third-order valence-corrected chi connectivity index (χ3v) is 6.60. The SMILES string of the molecule is C[C@]1(O)C[C@@H](C(=O)N2CC3(CCC(c4cc5ccccn5n4)C3)C2)C1. The van der Waals surface area contributed by atoms with Crippen LogP contribution in [0.2, 0.25) is 0 Å². The molecule has 3 fully saturated rings. The third-order valence-electron chi connectivity index (χ3n) is 6.60. The fourth-order valence-corrected chi connectivity index (χ4v) is 5.26. The van der Waals surface area contributed by atoms with Crippen molar-refractivity contribution in [3.05, 3.63) is 36.2 Å². The van der Waals surface area contributed by atoms with Gasteiger partial charge in [0.1, 0.15) is 0 Å². The molecule has 3 heterocycles. The van der Waals surface area contributed by atoms with Gasteiger partial charge in [0.05, 0.1) is 16.8 Å². The van der Waals surface area contributed by atoms with Gasteiger partial charge in [0.2, 0.25) is 5.91 Å². The highest BCUT2D eigenvalue weighted by molar-refractivity contribution is 5.81. The molecular formula is C20H25N3O2. The molecule has 0 radical (unpaired) electrons. The second-order valence-electron chi connectivity index (χ2n) is 8.88. The van der Waals surface area contributed by atoms with Gasteiger partial charge < -0.3 is 10.0 Å². The second kappa shape index (κ2) is 5.07. The maximum absolute atomic E-state index is 12.5. The molecule has 2 aromatic heterocycles. The monoisotopic (exact) mass is 339 g/mol. The Morgan fingerprint density at radius 1 is 1.28 bits per heavy atom. The van der Waals surface area contributed by atoms with Gasteiger partial charge in [-0.25, -0.2) is 4.52 Å². The molecule has 1 aliphatic heterocycles. The fourth-order valence-electron chi connectivity index (χ4n) is 5.26. The smallest absolute Gasteiger partial charge is 0.225 e. The number of rotatable bonds is 2. The highest BCUT2D eigenvalue weighted by atomic mass is 16.3. The van der Waals surface area contributed by atoms with Gasteiger partial charge in [-0.05, 0) is 57.2 Å². The number of fused-ring (bicyclic) bond motifs is 1. The summed E-state index contributed by atoms with van der Waals surface area (Å²) in [5.74, 6) is 0.818. The summed E-state index contributed by atoms with van der Waals surface area (Å²) in [7, 11) is 0. The minimum Gasteiger partial charge on any atom is -0.390 e. The van der Waals surface area contributed by atoms with Gasteiger partial charge in [0, 0.05) is 36.5 Å². The van der Waals surface area contributed by atoms with Crippen LogP contribution in [0.3, 0.4) is 0 Å². The number of nitrogens with zero attached hydrogens (tertiary/aromatic N) is 3. The molecule has 25 heavy (non-hydrogen) atoms. The van der Waals surface area contributed by atoms with Gasteiger partial charge in [-0.2, -0.15) is 5.10 Å². The molecule has 0 aromatic carbocycles. The average molecular weight is 339 g/mol. The van der Waals surface area contributed by atoms with E-state index in [1.165, 1.54) is 18.5 Å². The molecule has 2 aliphatic carbocycles. The molecule has 1 amide bonds. The minimum absolute atomic E-state index is 0.0444. The molecule has 132 valence electrons. The van der Waals surface area contributed by atoms with Crippen molar-refractivity contribution in [3.8, 4) is 0 Å². The van der Waals surface area contributed by atoms with Crippen LogP contribution >= 0.6 is 0 Å². The largest absolute Gasteiger partial charge is 0.390 e. The van der Waals surface area contributed by atoms with Gasteiger partial charge in [0.25, 0.3) is 0 Å². The van der Waals surface area contributed by atoms with Crippen LogP contribution in [-0.2, 0) is 4.79 Å². The summed E-state index contributed by atoms with van der Waals surface area (Å²) in [6.45, 7) is 3.62. The first kappa shape index (κ1) is 15.4. The van der Waals surface area contributed by atoms with Crippen molar-refractivity contribution < 1.29 is 9.90 Å². The van der Waals surface area contributed by atoms with Crippen LogP contribution in [0.4, 0.5) is 0 Å². The Kier molecular flexibility index (Phi) is 3.12. The lowest BCUT2D eigenvalue weighted by atomic mass is 9.69. The van der Waals surface area contributed by atoms with Gasteiger partial charge in [0.15, 0.2) is 0 Å². The fraction of sp³-hybridized carbons (Fsp3) is 0.600. The normalized spacial score (nSPS) is 33.4. The van der Waals surface area contributed by atoms with Crippen LogP contribution < -0.4 is 0 Å². The number of carbonyl (C=O) groups is 1. The Labute approximate surface area is 147 Å². The first-order valence-electron chi connectivity index (χ1n) is 9.39. The van der Waals surface area contributed by atoms with Crippen LogP contribution in [-0.4, -0.2) is 44.2 Å². The van der Waals surface area contributed by atoms with E-state index in [1.54, 1.807) is 0 Å². The summed E-state index contributed by atoms with van der Waals surface area (Å²) >= 11 is 0. The summed E-state index contributed by atoms with van der Waals surface area (Å²) in [6.07, 6.45) is 6.75. The Bertz CT molecular complexity index is 793. The van der Waals surface area contributed by atoms with Gasteiger partial charge >= 0.3 is 0 Å². The predicted octanol–water partition coefficient (Wildman–Crippen LogP) is 2.59. The molecule has 5 heteroatoms. The molecule has 2 saturated carbocycles. The van der Waals surface area contributed by atoms with Crippen LogP contribution in [0, 0.1) is 11.3 Å². The minimum atomic E-state index is -0.621. The Morgan fingerprint density at radius 2 is 2.08 bits per heavy atom. The quantitative estimate of drug-likeness (QED) is 0.915. The summed E-state index contributed by atoms with van der Waals surface area (Å²) < 4.78 is 1.96. The molecule has 0 bridgehead atoms. The first-order valence-corrected chi connectivity index (χ1v) is 9.39. The summed E-state index contributed by atoms with van der Waals surface area (Å²) in [6, 6.07) is 8.36. The van der Waals surface area contributed by atoms with E-state index in [-0.39, 0.29) is 11.8 Å². The predicted molar refractivity (Wildman–Crippen MR) is 94.1 cm³/mol. The lowest BCUT2D eigenvalue weighted by molar-refractivity contribution is -0.161. The number of hydrogen-bond donors (Lipinski definition) is 1. The highest BCUT2D eigenvalue weighted by Crippen LogP contribution is 2.52. The van der Waals surface area contributed by atoms with Crippen molar-refractivity contribution >= 4 is 11.4 Å². The summed E-state index contributed by atoms with van der Waals surface area (Å²) in [5.41, 5.74) is 2.04. The van der Waals surface area contributed by atoms with Crippen molar-refractivity contribution in [2.75, 3.05) is 13.1 Å². The lowest BCUT2D eigenvalue weighted by Crippen LogP contribution is -2.61. The van der Waals surface area contributed by atoms with Gasteiger partial charge in [-0.1, -0.05) is 6.07 Å². The highest BCUT2D eigenvalue weighted by Gasteiger charge is 2.53. The molecule has 1 N–H and O–H groups in total. The second-order valence-corrected chi connectivity index (χ2v) is 8.88. The van der Waals surface area contributed by atoms with Crippen LogP contribution in [0.1, 0.15) is 50.6 Å². The molecule has 2 aromatic rings. The van der Waals surface area contributed by atoms with Crippen molar-refractivity contribution in [1.29, 1.82) is 0 Å². The number of carbonyl (C=O) groups excluding carboxylic acids is 1. The Hall–Kier alpha value is -1.88. The third kappa shape index (κ3) is 2.48. The van der Waals surface area contributed by atoms with E-state index in [4.69, 9.17) is 5.10 Å². The molecular weight excluding hydrogens is 314 g/mol. The van der Waals surface area contributed by atoms with E-state index in [0.717, 1.165) is 25.0 Å². The summed E-state index contributed by atoms with van der Waals surface area (Å²) in [5, 5.41) is 14.6. The first-order chi connectivity index (χ1) is 11.9. The number of aliphatic hydroxyl groups is 1. The topological polar surface area (TPSA) is 57.8 Å². The zero-order chi connectivity index (χ0) is 17.2. The van der Waals surface area contributed by atoms with Crippen LogP contribution in [0.5, 0.6) is 0 Å².